The Balaban J connectivity index is 1.51. The van der Waals surface area contributed by atoms with Gasteiger partial charge in [-0.1, -0.05) is 35.5 Å². The molecule has 3 atom stereocenters. The maximum atomic E-state index is 13.7. The number of aromatic nitrogens is 1. The van der Waals surface area contributed by atoms with E-state index < -0.39 is 54.7 Å². The van der Waals surface area contributed by atoms with Crippen LogP contribution in [0.4, 0.5) is 18.9 Å². The van der Waals surface area contributed by atoms with E-state index in [2.05, 4.69) is 20.8 Å². The van der Waals surface area contributed by atoms with Gasteiger partial charge in [0, 0.05) is 29.2 Å². The molecular weight excluding hydrogens is 559 g/mol. The number of rotatable bonds is 9. The highest BCUT2D eigenvalue weighted by molar-refractivity contribution is 6.20. The number of nitrogens with one attached hydrogen (secondary N) is 2. The van der Waals surface area contributed by atoms with Crippen LogP contribution in [0.3, 0.4) is 0 Å². The predicted octanol–water partition coefficient (Wildman–Crippen LogP) is 3.56. The number of amides is 3. The molecule has 1 unspecified atom stereocenters. The fourth-order valence-electron chi connectivity index (χ4n) is 5.00. The maximum absolute atomic E-state index is 13.7. The number of primary amides is 1. The van der Waals surface area contributed by atoms with E-state index in [-0.39, 0.29) is 24.5 Å². The lowest BCUT2D eigenvalue weighted by Gasteiger charge is -2.25. The van der Waals surface area contributed by atoms with Crippen molar-refractivity contribution in [1.82, 2.24) is 10.5 Å². The number of hydrogen-bond acceptors (Lipinski definition) is 8. The standard InChI is InChI=1S/C28H26F3N5O6/c1-14-18(12-42-36-14)22(24(32)37)16(8-5-9-28(29,30)31)26(38)35-25-27(39)33-19-11-21-20(40-13-41-21)10-17(19)23(34-25)15-6-3-2-4-7-15/h2-4,6-7,10-12,16,22,25H,5,8-9,13H2,1H3,(H2,32,37)(H,33,39)(H,35,38)/t16-,22?,25-/m1/s1. The third kappa shape index (κ3) is 6.06. The summed E-state index contributed by atoms with van der Waals surface area (Å²) < 4.78 is 54.8. The van der Waals surface area contributed by atoms with Gasteiger partial charge in [0.15, 0.2) is 11.5 Å². The average molecular weight is 586 g/mol. The van der Waals surface area contributed by atoms with E-state index in [1.807, 2.05) is 0 Å². The molecule has 0 saturated carbocycles. The number of carbonyl (C=O) groups is 3. The van der Waals surface area contributed by atoms with Gasteiger partial charge in [-0.2, -0.15) is 13.2 Å². The quantitative estimate of drug-likeness (QED) is 0.346. The zero-order valence-corrected chi connectivity index (χ0v) is 22.2. The van der Waals surface area contributed by atoms with Crippen molar-refractivity contribution in [2.24, 2.45) is 16.6 Å². The molecule has 2 aromatic carbocycles. The van der Waals surface area contributed by atoms with Crippen LogP contribution in [0, 0.1) is 12.8 Å². The molecule has 11 nitrogen and oxygen atoms in total. The minimum absolute atomic E-state index is 0.00504. The monoisotopic (exact) mass is 585 g/mol. The molecule has 2 aliphatic heterocycles. The Morgan fingerprint density at radius 1 is 1.17 bits per heavy atom. The van der Waals surface area contributed by atoms with Crippen LogP contribution in [0.1, 0.15) is 47.6 Å². The van der Waals surface area contributed by atoms with Crippen molar-refractivity contribution >= 4 is 29.1 Å². The summed E-state index contributed by atoms with van der Waals surface area (Å²) in [4.78, 5) is 44.2. The van der Waals surface area contributed by atoms with Gasteiger partial charge in [-0.3, -0.25) is 14.4 Å². The minimum Gasteiger partial charge on any atom is -0.454 e. The van der Waals surface area contributed by atoms with Crippen LogP contribution in [0.2, 0.25) is 0 Å². The minimum atomic E-state index is -4.48. The molecule has 0 aliphatic carbocycles. The van der Waals surface area contributed by atoms with E-state index >= 15 is 0 Å². The van der Waals surface area contributed by atoms with Gasteiger partial charge < -0.3 is 30.4 Å². The molecule has 220 valence electrons. The average Bonchev–Trinajstić information content (AvgIpc) is 3.54. The zero-order chi connectivity index (χ0) is 30.0. The number of hydrogen-bond donors (Lipinski definition) is 3. The lowest BCUT2D eigenvalue weighted by Crippen LogP contribution is -2.47. The van der Waals surface area contributed by atoms with Crippen LogP contribution in [0.25, 0.3) is 0 Å². The molecule has 3 amide bonds. The van der Waals surface area contributed by atoms with Crippen molar-refractivity contribution in [3.05, 3.63) is 71.1 Å². The summed E-state index contributed by atoms with van der Waals surface area (Å²) in [6.45, 7) is 1.52. The number of carbonyl (C=O) groups excluding carboxylic acids is 3. The molecule has 0 bridgehead atoms. The van der Waals surface area contributed by atoms with Gasteiger partial charge in [0.25, 0.3) is 5.91 Å². The molecule has 1 aromatic heterocycles. The first-order valence-electron chi connectivity index (χ1n) is 13.0. The van der Waals surface area contributed by atoms with E-state index in [9.17, 15) is 27.6 Å². The van der Waals surface area contributed by atoms with Crippen molar-refractivity contribution in [2.45, 2.75) is 44.4 Å². The zero-order valence-electron chi connectivity index (χ0n) is 22.2. The third-order valence-corrected chi connectivity index (χ3v) is 7.00. The van der Waals surface area contributed by atoms with E-state index in [0.717, 1.165) is 6.26 Å². The fourth-order valence-corrected chi connectivity index (χ4v) is 5.00. The molecule has 5 rings (SSSR count). The Kier molecular flexibility index (Phi) is 7.87. The Morgan fingerprint density at radius 3 is 2.52 bits per heavy atom. The SMILES string of the molecule is Cc1nocc1C(C(N)=O)[C@@H](CCCC(F)(F)F)C(=O)N[C@H]1N=C(c2ccccc2)c2cc3c(cc2NC1=O)OCO3. The number of aryl methyl sites for hydroxylation is 1. The topological polar surface area (TPSA) is 158 Å². The van der Waals surface area contributed by atoms with E-state index in [1.54, 1.807) is 42.5 Å². The van der Waals surface area contributed by atoms with Crippen LogP contribution in [0.5, 0.6) is 11.5 Å². The summed E-state index contributed by atoms with van der Waals surface area (Å²) in [5.74, 6) is -4.49. The van der Waals surface area contributed by atoms with Gasteiger partial charge in [0.2, 0.25) is 24.8 Å². The highest BCUT2D eigenvalue weighted by atomic mass is 19.4. The number of aliphatic imine (C=N–C) groups is 1. The van der Waals surface area contributed by atoms with Crippen LogP contribution in [-0.4, -0.2) is 47.7 Å². The number of anilines is 1. The summed E-state index contributed by atoms with van der Waals surface area (Å²) in [5, 5.41) is 8.97. The van der Waals surface area contributed by atoms with Crippen molar-refractivity contribution < 1.29 is 41.6 Å². The fraction of sp³-hybridized carbons (Fsp3) is 0.321. The first-order chi connectivity index (χ1) is 20.0. The van der Waals surface area contributed by atoms with E-state index in [4.69, 9.17) is 19.7 Å². The van der Waals surface area contributed by atoms with Crippen LogP contribution in [0.15, 0.2) is 58.2 Å². The van der Waals surface area contributed by atoms with Crippen LogP contribution >= 0.6 is 0 Å². The number of fused-ring (bicyclic) bond motifs is 2. The lowest BCUT2D eigenvalue weighted by atomic mass is 9.81. The van der Waals surface area contributed by atoms with Crippen molar-refractivity contribution in [3.63, 3.8) is 0 Å². The molecule has 2 aliphatic rings. The molecule has 0 saturated heterocycles. The molecule has 0 radical (unpaired) electrons. The number of alkyl halides is 3. The summed E-state index contributed by atoms with van der Waals surface area (Å²) in [5.41, 5.74) is 7.84. The summed E-state index contributed by atoms with van der Waals surface area (Å²) in [6.07, 6.45) is -6.89. The van der Waals surface area contributed by atoms with Gasteiger partial charge in [-0.05, 0) is 25.8 Å². The number of halogens is 3. The van der Waals surface area contributed by atoms with Crippen LogP contribution < -0.4 is 25.8 Å². The summed E-state index contributed by atoms with van der Waals surface area (Å²) >= 11 is 0. The van der Waals surface area contributed by atoms with Crippen molar-refractivity contribution in [3.8, 4) is 11.5 Å². The number of benzene rings is 2. The molecule has 42 heavy (non-hydrogen) atoms. The molecule has 0 spiro atoms. The molecule has 3 heterocycles. The number of nitrogens with two attached hydrogens (primary N) is 1. The summed E-state index contributed by atoms with van der Waals surface area (Å²) in [6, 6.07) is 12.1. The van der Waals surface area contributed by atoms with Gasteiger partial charge in [-0.15, -0.1) is 0 Å². The molecule has 0 fully saturated rings. The number of ether oxygens (including phenoxy) is 2. The largest absolute Gasteiger partial charge is 0.454 e. The number of nitrogens with zero attached hydrogens (tertiary/aromatic N) is 2. The molecular formula is C28H26F3N5O6. The third-order valence-electron chi connectivity index (χ3n) is 7.00. The predicted molar refractivity (Wildman–Crippen MR) is 142 cm³/mol. The van der Waals surface area contributed by atoms with Gasteiger partial charge in [0.05, 0.1) is 28.9 Å². The highest BCUT2D eigenvalue weighted by Gasteiger charge is 2.39. The second-order valence-electron chi connectivity index (χ2n) is 9.84. The van der Waals surface area contributed by atoms with Crippen LogP contribution in [-0.2, 0) is 14.4 Å². The van der Waals surface area contributed by atoms with E-state index in [0.29, 0.717) is 34.0 Å². The highest BCUT2D eigenvalue weighted by Crippen LogP contribution is 2.39. The van der Waals surface area contributed by atoms with Crippen molar-refractivity contribution in [1.29, 1.82) is 0 Å². The molecule has 4 N–H and O–H groups in total. The Bertz CT molecular complexity index is 1540. The first-order valence-corrected chi connectivity index (χ1v) is 13.0. The van der Waals surface area contributed by atoms with E-state index in [1.165, 1.54) is 6.92 Å². The Hall–Kier alpha value is -4.88. The molecule has 3 aromatic rings. The van der Waals surface area contributed by atoms with Gasteiger partial charge in [0.1, 0.15) is 6.26 Å². The lowest BCUT2D eigenvalue weighted by molar-refractivity contribution is -0.139. The van der Waals surface area contributed by atoms with Gasteiger partial charge in [-0.25, -0.2) is 4.99 Å². The van der Waals surface area contributed by atoms with Gasteiger partial charge >= 0.3 is 6.18 Å². The summed E-state index contributed by atoms with van der Waals surface area (Å²) in [7, 11) is 0. The second kappa shape index (κ2) is 11.5. The second-order valence-corrected chi connectivity index (χ2v) is 9.84. The maximum Gasteiger partial charge on any atom is 0.389 e. The first kappa shape index (κ1) is 28.6. The normalized spacial score (nSPS) is 17.4. The Labute approximate surface area is 237 Å². The molecule has 14 heteroatoms. The Morgan fingerprint density at radius 2 is 1.88 bits per heavy atom. The smallest absolute Gasteiger partial charge is 0.389 e. The van der Waals surface area contributed by atoms with Crippen molar-refractivity contribution in [2.75, 3.05) is 12.1 Å².